The summed E-state index contributed by atoms with van der Waals surface area (Å²) < 4.78 is 34.4. The fourth-order valence-corrected chi connectivity index (χ4v) is 6.22. The van der Waals surface area contributed by atoms with E-state index in [2.05, 4.69) is 18.2 Å². The molecule has 8 aromatic rings. The van der Waals surface area contributed by atoms with Crippen LogP contribution in [0.2, 0.25) is 0 Å². The molecule has 3 aromatic heterocycles. The third-order valence-electron chi connectivity index (χ3n) is 6.75. The summed E-state index contributed by atoms with van der Waals surface area (Å²) in [6.07, 6.45) is 0. The van der Waals surface area contributed by atoms with Crippen LogP contribution in [0.4, 0.5) is 0 Å². The van der Waals surface area contributed by atoms with Gasteiger partial charge in [-0.15, -0.1) is 11.3 Å². The highest BCUT2D eigenvalue weighted by Gasteiger charge is 2.19. The highest BCUT2D eigenvalue weighted by molar-refractivity contribution is 7.26. The van der Waals surface area contributed by atoms with Crippen molar-refractivity contribution in [2.45, 2.75) is 0 Å². The van der Waals surface area contributed by atoms with Crippen molar-refractivity contribution in [2.24, 2.45) is 0 Å². The lowest BCUT2D eigenvalue weighted by atomic mass is 10.1. The van der Waals surface area contributed by atoms with Gasteiger partial charge in [0.2, 0.25) is 0 Å². The summed E-state index contributed by atoms with van der Waals surface area (Å²) in [5.41, 5.74) is 2.86. The van der Waals surface area contributed by atoms with Crippen molar-refractivity contribution in [2.75, 3.05) is 0 Å². The van der Waals surface area contributed by atoms with Crippen LogP contribution in [0.25, 0.3) is 76.3 Å². The second-order valence-electron chi connectivity index (χ2n) is 9.01. The van der Waals surface area contributed by atoms with Crippen LogP contribution in [-0.2, 0) is 0 Å². The van der Waals surface area contributed by atoms with E-state index in [9.17, 15) is 0 Å². The molecule has 0 spiro atoms. The molecule has 8 rings (SSSR count). The predicted molar refractivity (Wildman–Crippen MR) is 156 cm³/mol. The Morgan fingerprint density at radius 1 is 0.579 bits per heavy atom. The first-order valence-corrected chi connectivity index (χ1v) is 13.0. The zero-order valence-electron chi connectivity index (χ0n) is 22.9. The van der Waals surface area contributed by atoms with Gasteiger partial charge in [-0.25, -0.2) is 15.0 Å². The maximum absolute atomic E-state index is 8.98. The smallest absolute Gasteiger partial charge is 0.165 e. The Bertz CT molecular complexity index is 2310. The molecule has 0 radical (unpaired) electrons. The highest BCUT2D eigenvalue weighted by atomic mass is 32.1. The molecule has 0 fully saturated rings. The molecule has 5 aromatic carbocycles. The molecular weight excluding hydrogens is 486 g/mol. The van der Waals surface area contributed by atoms with Gasteiger partial charge in [-0.2, -0.15) is 0 Å². The maximum atomic E-state index is 8.98. The van der Waals surface area contributed by atoms with Gasteiger partial charge in [0, 0.05) is 47.6 Å². The Morgan fingerprint density at radius 3 is 2.18 bits per heavy atom. The molecule has 0 atom stereocenters. The maximum Gasteiger partial charge on any atom is 0.165 e. The van der Waals surface area contributed by atoms with Crippen LogP contribution < -0.4 is 0 Å². The second kappa shape index (κ2) is 8.33. The molecule has 0 saturated heterocycles. The average molecular weight is 509 g/mol. The monoisotopic (exact) mass is 508 g/mol. The molecule has 0 saturated carbocycles. The normalized spacial score (nSPS) is 12.8. The van der Waals surface area contributed by atoms with Gasteiger partial charge in [0.1, 0.15) is 11.2 Å². The summed E-state index contributed by atoms with van der Waals surface area (Å²) in [4.78, 5) is 14.8. The number of rotatable bonds is 3. The number of hydrogen-bond acceptors (Lipinski definition) is 5. The number of para-hydroxylation sites is 1. The molecule has 0 aliphatic rings. The van der Waals surface area contributed by atoms with E-state index in [1.165, 1.54) is 10.1 Å². The highest BCUT2D eigenvalue weighted by Crippen LogP contribution is 2.40. The number of nitrogens with zero attached hydrogens (tertiary/aromatic N) is 3. The second-order valence-corrected chi connectivity index (χ2v) is 10.1. The van der Waals surface area contributed by atoms with Crippen molar-refractivity contribution in [3.05, 3.63) is 115 Å². The molecule has 0 N–H and O–H groups in total. The van der Waals surface area contributed by atoms with Gasteiger partial charge in [-0.1, -0.05) is 90.9 Å². The Kier molecular flexibility index (Phi) is 4.03. The van der Waals surface area contributed by atoms with Gasteiger partial charge in [0.25, 0.3) is 0 Å². The summed E-state index contributed by atoms with van der Waals surface area (Å²) in [5.74, 6) is 1.21. The Morgan fingerprint density at radius 2 is 1.29 bits per heavy atom. The van der Waals surface area contributed by atoms with Gasteiger partial charge in [-0.3, -0.25) is 0 Å². The Balaban J connectivity index is 1.49. The first kappa shape index (κ1) is 18.4. The molecule has 178 valence electrons. The lowest BCUT2D eigenvalue weighted by molar-refractivity contribution is 0.669. The zero-order chi connectivity index (χ0) is 27.7. The fourth-order valence-electron chi connectivity index (χ4n) is 5.01. The number of furan rings is 1. The third kappa shape index (κ3) is 3.26. The molecule has 38 heavy (non-hydrogen) atoms. The average Bonchev–Trinajstić information content (AvgIpc) is 3.59. The molecule has 0 amide bonds. The molecule has 4 nitrogen and oxygen atoms in total. The Labute approximate surface area is 226 Å². The minimum Gasteiger partial charge on any atom is -0.456 e. The first-order valence-electron chi connectivity index (χ1n) is 13.7. The van der Waals surface area contributed by atoms with E-state index in [1.807, 2.05) is 78.9 Å². The van der Waals surface area contributed by atoms with Crippen molar-refractivity contribution < 1.29 is 8.53 Å². The lowest BCUT2D eigenvalue weighted by Gasteiger charge is -2.10. The largest absolute Gasteiger partial charge is 0.456 e. The number of fused-ring (bicyclic) bond motifs is 6. The predicted octanol–water partition coefficient (Wildman–Crippen LogP) is 9.14. The van der Waals surface area contributed by atoms with Gasteiger partial charge < -0.3 is 4.42 Å². The SMILES string of the molecule is [2H]c1c([2H])c(-c2nc(-c3ccccc3)nc(-c3cccc4c3sc3ccccc34)n2)c2c(oc3ccccc32)c1[2H]. The Hall–Kier alpha value is -4.87. The molecular formula is C33H19N3OS. The van der Waals surface area contributed by atoms with Crippen LogP contribution in [0.3, 0.4) is 0 Å². The third-order valence-corrected chi connectivity index (χ3v) is 7.97. The van der Waals surface area contributed by atoms with Gasteiger partial charge in [0.15, 0.2) is 17.5 Å². The molecule has 0 unspecified atom stereocenters. The summed E-state index contributed by atoms with van der Waals surface area (Å²) >= 11 is 1.69. The fraction of sp³-hybridized carbons (Fsp3) is 0. The van der Waals surface area contributed by atoms with Crippen LogP contribution in [0.1, 0.15) is 4.11 Å². The van der Waals surface area contributed by atoms with Crippen LogP contribution in [0, 0.1) is 0 Å². The van der Waals surface area contributed by atoms with E-state index in [1.54, 1.807) is 11.3 Å². The van der Waals surface area contributed by atoms with Gasteiger partial charge in [0.05, 0.1) is 4.11 Å². The molecule has 3 heterocycles. The standard InChI is InChI=1S/C33H19N3OS/c1-2-10-20(11-3-1)31-34-32(24-15-9-18-27-29(24)23-13-4-6-17-26(23)37-27)36-33(35-31)25-16-8-14-22-21-12-5-7-19-28(21)38-30(22)25/h1-19H/i9D,15D,18D. The molecule has 0 bridgehead atoms. The molecule has 5 heteroatoms. The minimum atomic E-state index is -0.235. The first-order chi connectivity index (χ1) is 20.1. The lowest BCUT2D eigenvalue weighted by Crippen LogP contribution is -2.00. The van der Waals surface area contributed by atoms with Crippen molar-refractivity contribution in [1.29, 1.82) is 0 Å². The van der Waals surface area contributed by atoms with Crippen molar-refractivity contribution in [3.8, 4) is 34.2 Å². The summed E-state index contributed by atoms with van der Waals surface area (Å²) in [6, 6.07) is 31.1. The number of aromatic nitrogens is 3. The van der Waals surface area contributed by atoms with E-state index < -0.39 is 0 Å². The summed E-state index contributed by atoms with van der Waals surface area (Å²) in [5, 5.41) is 3.61. The summed E-state index contributed by atoms with van der Waals surface area (Å²) in [6.45, 7) is 0. The van der Waals surface area contributed by atoms with Crippen molar-refractivity contribution >= 4 is 53.4 Å². The number of thiophene rings is 1. The minimum absolute atomic E-state index is 0.120. The van der Waals surface area contributed by atoms with Crippen molar-refractivity contribution in [3.63, 3.8) is 0 Å². The molecule has 0 aliphatic heterocycles. The van der Waals surface area contributed by atoms with E-state index >= 15 is 0 Å². The van der Waals surface area contributed by atoms with Gasteiger partial charge in [-0.05, 0) is 24.2 Å². The van der Waals surface area contributed by atoms with Crippen molar-refractivity contribution in [1.82, 2.24) is 15.0 Å². The summed E-state index contributed by atoms with van der Waals surface area (Å²) in [7, 11) is 0. The quantitative estimate of drug-likeness (QED) is 0.239. The van der Waals surface area contributed by atoms with Crippen LogP contribution in [-0.4, -0.2) is 15.0 Å². The van der Waals surface area contributed by atoms with Crippen LogP contribution >= 0.6 is 11.3 Å². The molecule has 0 aliphatic carbocycles. The topological polar surface area (TPSA) is 51.8 Å². The zero-order valence-corrected chi connectivity index (χ0v) is 20.7. The van der Waals surface area contributed by atoms with E-state index in [4.69, 9.17) is 23.5 Å². The van der Waals surface area contributed by atoms with Crippen LogP contribution in [0.5, 0.6) is 0 Å². The number of benzene rings is 5. The number of hydrogen-bond donors (Lipinski definition) is 0. The van der Waals surface area contributed by atoms with E-state index in [0.29, 0.717) is 28.2 Å². The van der Waals surface area contributed by atoms with Gasteiger partial charge >= 0.3 is 0 Å². The van der Waals surface area contributed by atoms with Crippen LogP contribution in [0.15, 0.2) is 120 Å². The van der Waals surface area contributed by atoms with E-state index in [0.717, 1.165) is 26.6 Å². The van der Waals surface area contributed by atoms with E-state index in [-0.39, 0.29) is 29.5 Å².